The van der Waals surface area contributed by atoms with Gasteiger partial charge in [0.25, 0.3) is 0 Å². The second-order valence-electron chi connectivity index (χ2n) is 6.17. The van der Waals surface area contributed by atoms with Crippen molar-refractivity contribution in [3.8, 4) is 24.1 Å². The highest BCUT2D eigenvalue weighted by atomic mass is 16.3. The number of nitrogens with one attached hydrogen (secondary N) is 2. The fourth-order valence-corrected chi connectivity index (χ4v) is 2.49. The fourth-order valence-electron chi connectivity index (χ4n) is 2.49. The number of pyridine rings is 1. The van der Waals surface area contributed by atoms with Gasteiger partial charge < -0.3 is 15.4 Å². The molecule has 0 saturated carbocycles. The van der Waals surface area contributed by atoms with Gasteiger partial charge in [0.05, 0.1) is 17.5 Å². The van der Waals surface area contributed by atoms with E-state index in [9.17, 15) is 9.90 Å². The molecule has 0 bridgehead atoms. The summed E-state index contributed by atoms with van der Waals surface area (Å²) in [4.78, 5) is 27.3. The lowest BCUT2D eigenvalue weighted by Crippen LogP contribution is -2.23. The molecular weight excluding hydrogens is 344 g/mol. The molecule has 3 N–H and O–H groups in total. The molecule has 3 rings (SSSR count). The van der Waals surface area contributed by atoms with E-state index in [1.807, 2.05) is 19.9 Å². The third-order valence-electron chi connectivity index (χ3n) is 3.81. The minimum Gasteiger partial charge on any atom is -0.385 e. The van der Waals surface area contributed by atoms with Crippen molar-refractivity contribution in [1.29, 1.82) is 0 Å². The normalized spacial score (nSPS) is 11.7. The number of hydrogen-bond acceptors (Lipinski definition) is 5. The SMILES string of the molecule is C#C.C=C(NC(C)=O)n1cc(-c2cnc3nc[nH]c3c2)nc1C(O)C(C)C. The number of hydrogen-bond donors (Lipinski definition) is 3. The molecule has 1 amide bonds. The van der Waals surface area contributed by atoms with E-state index in [2.05, 4.69) is 44.7 Å². The smallest absolute Gasteiger partial charge is 0.222 e. The molecule has 3 aromatic rings. The molecule has 3 heterocycles. The summed E-state index contributed by atoms with van der Waals surface area (Å²) in [7, 11) is 0. The number of carbonyl (C=O) groups excluding carboxylic acids is 1. The van der Waals surface area contributed by atoms with Crippen molar-refractivity contribution in [3.05, 3.63) is 37.2 Å². The summed E-state index contributed by atoms with van der Waals surface area (Å²) in [6, 6.07) is 1.88. The predicted octanol–water partition coefficient (Wildman–Crippen LogP) is 2.32. The molecule has 0 saturated heterocycles. The minimum absolute atomic E-state index is 0.0488. The molecule has 27 heavy (non-hydrogen) atoms. The zero-order valence-electron chi connectivity index (χ0n) is 15.5. The van der Waals surface area contributed by atoms with Crippen LogP contribution in [-0.4, -0.2) is 35.5 Å². The molecule has 140 valence electrons. The number of carbonyl (C=O) groups is 1. The first kappa shape index (κ1) is 19.9. The Morgan fingerprint density at radius 3 is 2.70 bits per heavy atom. The number of imidazole rings is 2. The van der Waals surface area contributed by atoms with Gasteiger partial charge in [-0.1, -0.05) is 20.4 Å². The molecule has 8 nitrogen and oxygen atoms in total. The van der Waals surface area contributed by atoms with Crippen molar-refractivity contribution in [2.75, 3.05) is 0 Å². The summed E-state index contributed by atoms with van der Waals surface area (Å²) >= 11 is 0. The van der Waals surface area contributed by atoms with Crippen molar-refractivity contribution >= 4 is 22.9 Å². The molecule has 0 spiro atoms. The predicted molar refractivity (Wildman–Crippen MR) is 104 cm³/mol. The maximum atomic E-state index is 11.3. The Labute approximate surface area is 157 Å². The van der Waals surface area contributed by atoms with Crippen LogP contribution in [0.3, 0.4) is 0 Å². The number of H-pyrrole nitrogens is 1. The van der Waals surface area contributed by atoms with Crippen LogP contribution in [0.15, 0.2) is 31.4 Å². The largest absolute Gasteiger partial charge is 0.385 e. The highest BCUT2D eigenvalue weighted by molar-refractivity contribution is 5.80. The van der Waals surface area contributed by atoms with Crippen LogP contribution in [0.5, 0.6) is 0 Å². The van der Waals surface area contributed by atoms with Crippen LogP contribution in [-0.2, 0) is 4.79 Å². The monoisotopic (exact) mass is 366 g/mol. The zero-order chi connectivity index (χ0) is 20.1. The topological polar surface area (TPSA) is 109 Å². The Hall–Kier alpha value is -3.44. The van der Waals surface area contributed by atoms with Crippen LogP contribution in [0.4, 0.5) is 0 Å². The molecule has 1 atom stereocenters. The number of aromatic amines is 1. The zero-order valence-corrected chi connectivity index (χ0v) is 15.5. The molecule has 8 heteroatoms. The Morgan fingerprint density at radius 1 is 1.37 bits per heavy atom. The van der Waals surface area contributed by atoms with Crippen molar-refractivity contribution in [3.63, 3.8) is 0 Å². The number of aliphatic hydroxyl groups excluding tert-OH is 1. The van der Waals surface area contributed by atoms with E-state index >= 15 is 0 Å². The lowest BCUT2D eigenvalue weighted by Gasteiger charge is -2.17. The van der Waals surface area contributed by atoms with E-state index in [0.29, 0.717) is 23.0 Å². The summed E-state index contributed by atoms with van der Waals surface area (Å²) < 4.78 is 1.60. The van der Waals surface area contributed by atoms with E-state index < -0.39 is 6.10 Å². The molecule has 0 aliphatic rings. The Balaban J connectivity index is 0.00000126. The van der Waals surface area contributed by atoms with E-state index in [4.69, 9.17) is 0 Å². The van der Waals surface area contributed by atoms with Gasteiger partial charge in [-0.15, -0.1) is 12.8 Å². The summed E-state index contributed by atoms with van der Waals surface area (Å²) in [5.41, 5.74) is 2.79. The highest BCUT2D eigenvalue weighted by Gasteiger charge is 2.22. The van der Waals surface area contributed by atoms with Gasteiger partial charge in [0.15, 0.2) is 5.65 Å². The number of amides is 1. The standard InChI is InChI=1S/C17H20N6O2.C2H2/c1-9(2)15(25)17-22-14(7-23(17)10(3)21-11(4)24)12-5-13-16(18-6-12)20-8-19-13;1-2/h5-9,15,25H,3H2,1-2,4H3,(H,21,24)(H,18,19,20);1-2H. The maximum Gasteiger partial charge on any atom is 0.222 e. The summed E-state index contributed by atoms with van der Waals surface area (Å²) in [6.45, 7) is 9.05. The van der Waals surface area contributed by atoms with Gasteiger partial charge in [-0.25, -0.2) is 15.0 Å². The van der Waals surface area contributed by atoms with Crippen molar-refractivity contribution in [2.45, 2.75) is 26.9 Å². The number of fused-ring (bicyclic) bond motifs is 1. The van der Waals surface area contributed by atoms with Crippen molar-refractivity contribution in [2.24, 2.45) is 5.92 Å². The molecule has 1 unspecified atom stereocenters. The van der Waals surface area contributed by atoms with Crippen LogP contribution in [0.1, 0.15) is 32.7 Å². The molecule has 0 aromatic carbocycles. The van der Waals surface area contributed by atoms with Crippen LogP contribution in [0, 0.1) is 18.8 Å². The van der Waals surface area contributed by atoms with Gasteiger partial charge in [0.1, 0.15) is 17.7 Å². The van der Waals surface area contributed by atoms with Crippen molar-refractivity contribution < 1.29 is 9.90 Å². The first-order chi connectivity index (χ1) is 12.9. The second-order valence-corrected chi connectivity index (χ2v) is 6.17. The number of aliphatic hydroxyl groups is 1. The second kappa shape index (κ2) is 8.29. The van der Waals surface area contributed by atoms with Crippen LogP contribution >= 0.6 is 0 Å². The quantitative estimate of drug-likeness (QED) is 0.601. The molecule has 3 aromatic heterocycles. The van der Waals surface area contributed by atoms with Gasteiger partial charge in [-0.2, -0.15) is 0 Å². The van der Waals surface area contributed by atoms with Gasteiger partial charge in [0.2, 0.25) is 5.91 Å². The van der Waals surface area contributed by atoms with Crippen molar-refractivity contribution in [1.82, 2.24) is 29.8 Å². The minimum atomic E-state index is -0.803. The Bertz CT molecular complexity index is 982. The highest BCUT2D eigenvalue weighted by Crippen LogP contribution is 2.27. The van der Waals surface area contributed by atoms with E-state index in [1.165, 1.54) is 6.92 Å². The van der Waals surface area contributed by atoms with E-state index in [-0.39, 0.29) is 11.8 Å². The summed E-state index contributed by atoms with van der Waals surface area (Å²) in [6.07, 6.45) is 12.2. The Kier molecular flexibility index (Phi) is 6.11. The number of rotatable bonds is 5. The average molecular weight is 366 g/mol. The molecule has 0 fully saturated rings. The fraction of sp³-hybridized carbons (Fsp3) is 0.263. The third kappa shape index (κ3) is 4.22. The summed E-state index contributed by atoms with van der Waals surface area (Å²) in [5.74, 6) is 0.447. The molecule has 0 radical (unpaired) electrons. The maximum absolute atomic E-state index is 11.3. The first-order valence-electron chi connectivity index (χ1n) is 8.24. The lowest BCUT2D eigenvalue weighted by molar-refractivity contribution is -0.117. The number of aromatic nitrogens is 5. The van der Waals surface area contributed by atoms with E-state index in [0.717, 1.165) is 11.1 Å². The third-order valence-corrected chi connectivity index (χ3v) is 3.81. The van der Waals surface area contributed by atoms with Crippen LogP contribution in [0.25, 0.3) is 28.2 Å². The Morgan fingerprint density at radius 2 is 2.07 bits per heavy atom. The number of terminal acetylenes is 1. The van der Waals surface area contributed by atoms with Gasteiger partial charge in [-0.05, 0) is 12.0 Å². The number of nitrogens with zero attached hydrogens (tertiary/aromatic N) is 4. The average Bonchev–Trinajstić information content (AvgIpc) is 3.28. The van der Waals surface area contributed by atoms with Gasteiger partial charge in [-0.3, -0.25) is 9.36 Å². The van der Waals surface area contributed by atoms with Gasteiger partial charge >= 0.3 is 0 Å². The van der Waals surface area contributed by atoms with Crippen LogP contribution in [0.2, 0.25) is 0 Å². The molecule has 0 aliphatic heterocycles. The van der Waals surface area contributed by atoms with Crippen LogP contribution < -0.4 is 5.32 Å². The van der Waals surface area contributed by atoms with E-state index in [1.54, 1.807) is 23.3 Å². The molecule has 0 aliphatic carbocycles. The first-order valence-corrected chi connectivity index (χ1v) is 8.24. The lowest BCUT2D eigenvalue weighted by atomic mass is 10.1. The molecular formula is C19H22N6O2. The van der Waals surface area contributed by atoms with Gasteiger partial charge in [0, 0.05) is 24.9 Å². The summed E-state index contributed by atoms with van der Waals surface area (Å²) in [5, 5.41) is 13.1.